The first kappa shape index (κ1) is 17.5. The van der Waals surface area contributed by atoms with E-state index < -0.39 is 0 Å². The van der Waals surface area contributed by atoms with Gasteiger partial charge in [-0.2, -0.15) is 5.10 Å². The molecule has 0 N–H and O–H groups in total. The van der Waals surface area contributed by atoms with Crippen molar-refractivity contribution in [3.63, 3.8) is 0 Å². The van der Waals surface area contributed by atoms with Gasteiger partial charge in [0.2, 0.25) is 5.91 Å². The fraction of sp³-hybridized carbons (Fsp3) is 0.789. The molecule has 0 aliphatic carbocycles. The van der Waals surface area contributed by atoms with E-state index in [1.165, 1.54) is 5.56 Å². The molecule has 0 bridgehead atoms. The monoisotopic (exact) mass is 333 g/mol. The summed E-state index contributed by atoms with van der Waals surface area (Å²) in [6.07, 6.45) is 8.02. The molecule has 3 rings (SSSR count). The Balaban J connectivity index is 1.88. The van der Waals surface area contributed by atoms with Crippen molar-refractivity contribution in [2.24, 2.45) is 11.3 Å². The van der Waals surface area contributed by atoms with Crippen molar-refractivity contribution in [3.05, 3.63) is 18.0 Å². The lowest BCUT2D eigenvalue weighted by Crippen LogP contribution is -2.63. The number of ether oxygens (including phenoxy) is 1. The molecule has 0 aromatic carbocycles. The van der Waals surface area contributed by atoms with Gasteiger partial charge in [0.15, 0.2) is 0 Å². The van der Waals surface area contributed by atoms with Gasteiger partial charge in [-0.3, -0.25) is 9.48 Å². The molecule has 1 spiro atoms. The lowest BCUT2D eigenvalue weighted by atomic mass is 9.64. The van der Waals surface area contributed by atoms with Crippen molar-refractivity contribution >= 4 is 5.91 Å². The number of nitrogens with zero attached hydrogens (tertiary/aromatic N) is 3. The summed E-state index contributed by atoms with van der Waals surface area (Å²) in [7, 11) is 0. The van der Waals surface area contributed by atoms with Gasteiger partial charge in [0.1, 0.15) is 0 Å². The number of rotatable bonds is 5. The topological polar surface area (TPSA) is 47.4 Å². The van der Waals surface area contributed by atoms with E-state index in [4.69, 9.17) is 4.74 Å². The number of carbonyl (C=O) groups excluding carboxylic acids is 1. The molecule has 1 amide bonds. The van der Waals surface area contributed by atoms with Crippen LogP contribution in [0.15, 0.2) is 12.4 Å². The van der Waals surface area contributed by atoms with Crippen LogP contribution in [0.1, 0.15) is 71.0 Å². The minimum atomic E-state index is 0.143. The molecule has 1 aromatic rings. The van der Waals surface area contributed by atoms with Gasteiger partial charge in [-0.15, -0.1) is 0 Å². The first-order valence-corrected chi connectivity index (χ1v) is 9.44. The van der Waals surface area contributed by atoms with E-state index >= 15 is 0 Å². The fourth-order valence-corrected chi connectivity index (χ4v) is 4.33. The second-order valence-electron chi connectivity index (χ2n) is 7.70. The summed E-state index contributed by atoms with van der Waals surface area (Å²) in [5, 5.41) is 4.52. The third kappa shape index (κ3) is 2.87. The average molecular weight is 333 g/mol. The Labute approximate surface area is 145 Å². The third-order valence-corrected chi connectivity index (χ3v) is 5.95. The minimum absolute atomic E-state index is 0.143. The van der Waals surface area contributed by atoms with Crippen molar-refractivity contribution in [1.29, 1.82) is 0 Å². The fourth-order valence-electron chi connectivity index (χ4n) is 4.33. The lowest BCUT2D eigenvalue weighted by Gasteiger charge is -2.59. The SMILES string of the molecule is CCC(CC)C(=O)N1CC2(CCOCC2)C1c1cnn(C(C)C)c1. The number of likely N-dealkylation sites (tertiary alicyclic amines) is 1. The maximum absolute atomic E-state index is 13.0. The van der Waals surface area contributed by atoms with Gasteiger partial charge in [-0.1, -0.05) is 13.8 Å². The van der Waals surface area contributed by atoms with Gasteiger partial charge in [-0.05, 0) is 39.5 Å². The van der Waals surface area contributed by atoms with Gasteiger partial charge in [0.05, 0.1) is 12.2 Å². The van der Waals surface area contributed by atoms with Crippen LogP contribution in [0.4, 0.5) is 0 Å². The van der Waals surface area contributed by atoms with Gasteiger partial charge in [0.25, 0.3) is 0 Å². The molecule has 2 aliphatic heterocycles. The predicted molar refractivity (Wildman–Crippen MR) is 93.6 cm³/mol. The Bertz CT molecular complexity index is 571. The molecule has 1 aromatic heterocycles. The third-order valence-electron chi connectivity index (χ3n) is 5.95. The number of carbonyl (C=O) groups is 1. The van der Waals surface area contributed by atoms with Crippen LogP contribution in [0, 0.1) is 11.3 Å². The van der Waals surface area contributed by atoms with Crippen molar-refractivity contribution in [3.8, 4) is 0 Å². The Morgan fingerprint density at radius 2 is 2.00 bits per heavy atom. The summed E-state index contributed by atoms with van der Waals surface area (Å²) in [6, 6.07) is 0.509. The zero-order valence-corrected chi connectivity index (χ0v) is 15.5. The molecule has 3 heterocycles. The van der Waals surface area contributed by atoms with E-state index in [1.807, 2.05) is 10.9 Å². The molecule has 5 heteroatoms. The van der Waals surface area contributed by atoms with Crippen LogP contribution in [0.3, 0.4) is 0 Å². The quantitative estimate of drug-likeness (QED) is 0.827. The van der Waals surface area contributed by atoms with E-state index in [-0.39, 0.29) is 17.4 Å². The summed E-state index contributed by atoms with van der Waals surface area (Å²) in [6.45, 7) is 11.0. The van der Waals surface area contributed by atoms with Crippen molar-refractivity contribution in [2.75, 3.05) is 19.8 Å². The highest BCUT2D eigenvalue weighted by Gasteiger charge is 2.56. The van der Waals surface area contributed by atoms with Gasteiger partial charge >= 0.3 is 0 Å². The van der Waals surface area contributed by atoms with E-state index in [9.17, 15) is 4.79 Å². The smallest absolute Gasteiger partial charge is 0.226 e. The summed E-state index contributed by atoms with van der Waals surface area (Å²) in [5.41, 5.74) is 1.38. The molecule has 2 saturated heterocycles. The molecular formula is C19H31N3O2. The molecule has 1 atom stereocenters. The van der Waals surface area contributed by atoms with Crippen molar-refractivity contribution < 1.29 is 9.53 Å². The number of amides is 1. The normalized spacial score (nSPS) is 23.1. The molecule has 24 heavy (non-hydrogen) atoms. The van der Waals surface area contributed by atoms with E-state index in [0.717, 1.165) is 45.4 Å². The molecular weight excluding hydrogens is 302 g/mol. The molecule has 5 nitrogen and oxygen atoms in total. The summed E-state index contributed by atoms with van der Waals surface area (Å²) < 4.78 is 7.59. The number of aromatic nitrogens is 2. The summed E-state index contributed by atoms with van der Waals surface area (Å²) >= 11 is 0. The first-order valence-electron chi connectivity index (χ1n) is 9.44. The van der Waals surface area contributed by atoms with Crippen LogP contribution in [0.5, 0.6) is 0 Å². The van der Waals surface area contributed by atoms with Crippen molar-refractivity contribution in [1.82, 2.24) is 14.7 Å². The first-order chi connectivity index (χ1) is 11.5. The molecule has 2 fully saturated rings. The largest absolute Gasteiger partial charge is 0.381 e. The standard InChI is InChI=1S/C19H31N3O2/c1-5-15(6-2)18(23)21-13-19(7-9-24-10-8-19)17(21)16-11-20-22(12-16)14(3)4/h11-12,14-15,17H,5-10,13H2,1-4H3. The molecule has 134 valence electrons. The molecule has 2 aliphatic rings. The molecule has 1 unspecified atom stereocenters. The molecule has 0 radical (unpaired) electrons. The van der Waals surface area contributed by atoms with E-state index in [1.54, 1.807) is 0 Å². The van der Waals surface area contributed by atoms with Crippen LogP contribution >= 0.6 is 0 Å². The number of hydrogen-bond donors (Lipinski definition) is 0. The van der Waals surface area contributed by atoms with E-state index in [0.29, 0.717) is 11.9 Å². The van der Waals surface area contributed by atoms with Crippen LogP contribution in [0.25, 0.3) is 0 Å². The Kier molecular flexibility index (Phi) is 5.00. The highest BCUT2D eigenvalue weighted by Crippen LogP contribution is 2.55. The zero-order chi connectivity index (χ0) is 17.3. The minimum Gasteiger partial charge on any atom is -0.381 e. The number of hydrogen-bond acceptors (Lipinski definition) is 3. The zero-order valence-electron chi connectivity index (χ0n) is 15.5. The average Bonchev–Trinajstić information content (AvgIpc) is 3.04. The van der Waals surface area contributed by atoms with Crippen LogP contribution in [-0.2, 0) is 9.53 Å². The lowest BCUT2D eigenvalue weighted by molar-refractivity contribution is -0.173. The maximum Gasteiger partial charge on any atom is 0.226 e. The Hall–Kier alpha value is -1.36. The highest BCUT2D eigenvalue weighted by molar-refractivity contribution is 5.80. The van der Waals surface area contributed by atoms with Crippen LogP contribution in [-0.4, -0.2) is 40.3 Å². The predicted octanol–water partition coefficient (Wildman–Crippen LogP) is 3.58. The Morgan fingerprint density at radius 3 is 2.54 bits per heavy atom. The molecule has 0 saturated carbocycles. The highest BCUT2D eigenvalue weighted by atomic mass is 16.5. The maximum atomic E-state index is 13.0. The van der Waals surface area contributed by atoms with Gasteiger partial charge in [-0.25, -0.2) is 0 Å². The summed E-state index contributed by atoms with van der Waals surface area (Å²) in [5.74, 6) is 0.462. The van der Waals surface area contributed by atoms with Crippen LogP contribution < -0.4 is 0 Å². The van der Waals surface area contributed by atoms with Gasteiger partial charge < -0.3 is 9.64 Å². The second kappa shape index (κ2) is 6.87. The van der Waals surface area contributed by atoms with E-state index in [2.05, 4.69) is 43.9 Å². The van der Waals surface area contributed by atoms with Crippen LogP contribution in [0.2, 0.25) is 0 Å². The Morgan fingerprint density at radius 1 is 1.33 bits per heavy atom. The van der Waals surface area contributed by atoms with Gasteiger partial charge in [0, 0.05) is 48.9 Å². The van der Waals surface area contributed by atoms with Crippen molar-refractivity contribution in [2.45, 2.75) is 65.5 Å². The second-order valence-corrected chi connectivity index (χ2v) is 7.70. The summed E-state index contributed by atoms with van der Waals surface area (Å²) in [4.78, 5) is 15.1.